The molecular weight excluding hydrogens is 443 g/mol. The van der Waals surface area contributed by atoms with Crippen LogP contribution in [-0.2, 0) is 30.2 Å². The molecule has 0 fully saturated rings. The maximum absolute atomic E-state index is 12.3. The first-order valence-corrected chi connectivity index (χ1v) is 11.8. The van der Waals surface area contributed by atoms with Crippen LogP contribution in [0.2, 0.25) is 0 Å². The second kappa shape index (κ2) is 9.88. The maximum Gasteiger partial charge on any atom is 0.381 e. The van der Waals surface area contributed by atoms with Gasteiger partial charge in [0.05, 0.1) is 23.8 Å². The highest BCUT2D eigenvalue weighted by Gasteiger charge is 2.27. The Morgan fingerprint density at radius 3 is 2.39 bits per heavy atom. The van der Waals surface area contributed by atoms with Gasteiger partial charge >= 0.3 is 6.72 Å². The number of hydrogen-bond donors (Lipinski definition) is 1. The average Bonchev–Trinajstić information content (AvgIpc) is 3.06. The van der Waals surface area contributed by atoms with E-state index in [0.29, 0.717) is 16.8 Å². The van der Waals surface area contributed by atoms with Crippen LogP contribution in [0.3, 0.4) is 0 Å². The zero-order valence-corrected chi connectivity index (χ0v) is 18.4. The number of carbonyl (C=O) groups excluding carboxylic acids is 1. The molecule has 1 amide bonds. The van der Waals surface area contributed by atoms with Crippen LogP contribution in [0, 0.1) is 10.1 Å². The SMILES string of the molecule is CCOP(=S)(OCC)O/C(=N/N=C1\C(=O)Nc2ccccc21)c1ccc([N+](=O)[O-])cc1. The number of amides is 1. The predicted octanol–water partition coefficient (Wildman–Crippen LogP) is 4.01. The van der Waals surface area contributed by atoms with Gasteiger partial charge in [0.1, 0.15) is 0 Å². The molecule has 0 aromatic heterocycles. The number of non-ortho nitro benzene ring substituents is 1. The van der Waals surface area contributed by atoms with Crippen molar-refractivity contribution in [3.8, 4) is 0 Å². The minimum absolute atomic E-state index is 0.0789. The quantitative estimate of drug-likeness (QED) is 0.207. The summed E-state index contributed by atoms with van der Waals surface area (Å²) in [4.78, 5) is 22.7. The molecule has 12 heteroatoms. The van der Waals surface area contributed by atoms with Gasteiger partial charge in [-0.2, -0.15) is 0 Å². The lowest BCUT2D eigenvalue weighted by atomic mass is 10.1. The Balaban J connectivity index is 2.04. The van der Waals surface area contributed by atoms with Gasteiger partial charge in [0, 0.05) is 35.1 Å². The standard InChI is InChI=1S/C19H19N4O6PS/c1-3-27-30(31,28-4-2)29-19(13-9-11-14(12-10-13)23(25)26)22-21-17-15-7-5-6-8-16(15)20-18(17)24/h5-12H,3-4H2,1-2H3,(H,20,21,24)/b22-19+. The van der Waals surface area contributed by atoms with Gasteiger partial charge in [-0.3, -0.25) is 24.0 Å². The smallest absolute Gasteiger partial charge is 0.381 e. The van der Waals surface area contributed by atoms with Gasteiger partial charge in [0.15, 0.2) is 5.71 Å². The Hall–Kier alpha value is -2.98. The van der Waals surface area contributed by atoms with Crippen LogP contribution in [0.1, 0.15) is 25.0 Å². The molecule has 0 atom stereocenters. The van der Waals surface area contributed by atoms with Gasteiger partial charge in [-0.25, -0.2) is 0 Å². The molecule has 0 spiro atoms. The van der Waals surface area contributed by atoms with Crippen LogP contribution in [-0.4, -0.2) is 35.7 Å². The molecule has 0 aliphatic carbocycles. The number of benzene rings is 2. The molecule has 1 N–H and O–H groups in total. The van der Waals surface area contributed by atoms with E-state index < -0.39 is 17.5 Å². The number of nitro groups is 1. The van der Waals surface area contributed by atoms with Gasteiger partial charge in [0.25, 0.3) is 11.6 Å². The minimum atomic E-state index is -3.22. The first-order chi connectivity index (χ1) is 14.9. The number of para-hydroxylation sites is 1. The van der Waals surface area contributed by atoms with Crippen LogP contribution >= 0.6 is 6.72 Å². The Labute approximate surface area is 183 Å². The summed E-state index contributed by atoms with van der Waals surface area (Å²) in [6.45, 7) is 0.759. The number of fused-ring (bicyclic) bond motifs is 1. The van der Waals surface area contributed by atoms with Gasteiger partial charge in [0.2, 0.25) is 5.90 Å². The van der Waals surface area contributed by atoms with E-state index in [1.807, 2.05) is 0 Å². The van der Waals surface area contributed by atoms with E-state index in [0.717, 1.165) is 0 Å². The first-order valence-electron chi connectivity index (χ1n) is 9.26. The topological polar surface area (TPSA) is 125 Å². The average molecular weight is 462 g/mol. The third-order valence-electron chi connectivity index (χ3n) is 3.98. The van der Waals surface area contributed by atoms with Crippen molar-refractivity contribution in [2.45, 2.75) is 13.8 Å². The minimum Gasteiger partial charge on any atom is -0.403 e. The summed E-state index contributed by atoms with van der Waals surface area (Å²) in [5.74, 6) is -0.494. The fourth-order valence-corrected chi connectivity index (χ4v) is 4.67. The van der Waals surface area contributed by atoms with E-state index in [-0.39, 0.29) is 30.5 Å². The molecule has 31 heavy (non-hydrogen) atoms. The lowest BCUT2D eigenvalue weighted by molar-refractivity contribution is -0.384. The van der Waals surface area contributed by atoms with Crippen molar-refractivity contribution in [3.63, 3.8) is 0 Å². The van der Waals surface area contributed by atoms with Gasteiger partial charge in [-0.05, 0) is 32.0 Å². The molecular formula is C19H19N4O6PS. The Kier molecular flexibility index (Phi) is 7.24. The summed E-state index contributed by atoms with van der Waals surface area (Å²) in [6, 6.07) is 12.5. The molecule has 0 bridgehead atoms. The van der Waals surface area contributed by atoms with Crippen molar-refractivity contribution in [2.75, 3.05) is 18.5 Å². The van der Waals surface area contributed by atoms with Crippen LogP contribution < -0.4 is 5.32 Å². The molecule has 1 aliphatic rings. The van der Waals surface area contributed by atoms with Crippen molar-refractivity contribution in [3.05, 3.63) is 69.8 Å². The lowest BCUT2D eigenvalue weighted by Crippen LogP contribution is -2.15. The Morgan fingerprint density at radius 2 is 1.77 bits per heavy atom. The van der Waals surface area contributed by atoms with E-state index in [1.165, 1.54) is 24.3 Å². The van der Waals surface area contributed by atoms with Crippen LogP contribution in [0.4, 0.5) is 11.4 Å². The van der Waals surface area contributed by atoms with E-state index in [2.05, 4.69) is 15.5 Å². The Morgan fingerprint density at radius 1 is 1.13 bits per heavy atom. The molecule has 0 saturated heterocycles. The molecule has 1 aliphatic heterocycles. The normalized spacial score (nSPS) is 15.0. The fraction of sp³-hybridized carbons (Fsp3) is 0.211. The molecule has 0 unspecified atom stereocenters. The Bertz CT molecular complexity index is 1090. The molecule has 10 nitrogen and oxygen atoms in total. The van der Waals surface area contributed by atoms with Gasteiger partial charge < -0.3 is 9.84 Å². The van der Waals surface area contributed by atoms with Crippen molar-refractivity contribution in [1.82, 2.24) is 0 Å². The van der Waals surface area contributed by atoms with Crippen LogP contribution in [0.5, 0.6) is 0 Å². The molecule has 162 valence electrons. The van der Waals surface area contributed by atoms with Crippen molar-refractivity contribution >= 4 is 47.4 Å². The second-order valence-electron chi connectivity index (χ2n) is 6.03. The monoisotopic (exact) mass is 462 g/mol. The molecule has 2 aromatic rings. The van der Waals surface area contributed by atoms with Gasteiger partial charge in [-0.1, -0.05) is 18.2 Å². The zero-order chi connectivity index (χ0) is 22.4. The van der Waals surface area contributed by atoms with Crippen molar-refractivity contribution < 1.29 is 23.3 Å². The third kappa shape index (κ3) is 5.39. The van der Waals surface area contributed by atoms with E-state index in [4.69, 9.17) is 25.4 Å². The molecule has 0 radical (unpaired) electrons. The summed E-state index contributed by atoms with van der Waals surface area (Å²) >= 11 is 5.41. The first kappa shape index (κ1) is 22.7. The van der Waals surface area contributed by atoms with Crippen LogP contribution in [0.15, 0.2) is 58.7 Å². The number of anilines is 1. The number of nitro benzene ring substituents is 1. The predicted molar refractivity (Wildman–Crippen MR) is 120 cm³/mol. The van der Waals surface area contributed by atoms with E-state index in [9.17, 15) is 14.9 Å². The second-order valence-corrected chi connectivity index (χ2v) is 8.97. The highest BCUT2D eigenvalue weighted by molar-refractivity contribution is 8.07. The van der Waals surface area contributed by atoms with E-state index in [1.54, 1.807) is 38.1 Å². The van der Waals surface area contributed by atoms with Crippen LogP contribution in [0.25, 0.3) is 0 Å². The largest absolute Gasteiger partial charge is 0.403 e. The third-order valence-corrected chi connectivity index (χ3v) is 6.39. The van der Waals surface area contributed by atoms with Gasteiger partial charge in [-0.15, -0.1) is 10.2 Å². The number of nitrogens with zero attached hydrogens (tertiary/aromatic N) is 3. The number of rotatable bonds is 8. The van der Waals surface area contributed by atoms with E-state index >= 15 is 0 Å². The molecule has 0 saturated carbocycles. The number of carbonyl (C=O) groups is 1. The molecule has 2 aromatic carbocycles. The summed E-state index contributed by atoms with van der Waals surface area (Å²) in [7, 11) is 0. The van der Waals surface area contributed by atoms with Crippen molar-refractivity contribution in [2.24, 2.45) is 10.2 Å². The summed E-state index contributed by atoms with van der Waals surface area (Å²) in [6.07, 6.45) is 0. The summed E-state index contributed by atoms with van der Waals surface area (Å²) < 4.78 is 16.8. The maximum atomic E-state index is 12.3. The number of nitrogens with one attached hydrogen (secondary N) is 1. The summed E-state index contributed by atoms with van der Waals surface area (Å²) in [5, 5.41) is 21.8. The zero-order valence-electron chi connectivity index (χ0n) is 16.7. The molecule has 3 rings (SSSR count). The number of hydrogen-bond acceptors (Lipinski definition) is 9. The van der Waals surface area contributed by atoms with Crippen molar-refractivity contribution in [1.29, 1.82) is 0 Å². The fourth-order valence-electron chi connectivity index (χ4n) is 2.66. The lowest BCUT2D eigenvalue weighted by Gasteiger charge is -2.21. The highest BCUT2D eigenvalue weighted by Crippen LogP contribution is 2.50. The summed E-state index contributed by atoms with van der Waals surface area (Å²) in [5.41, 5.74) is 1.56. The molecule has 1 heterocycles. The highest BCUT2D eigenvalue weighted by atomic mass is 32.5.